The van der Waals surface area contributed by atoms with Crippen LogP contribution in [-0.2, 0) is 21.2 Å². The summed E-state index contributed by atoms with van der Waals surface area (Å²) in [6.45, 7) is 0.552. The average molecular weight is 286 g/mol. The maximum atomic E-state index is 11.7. The van der Waals surface area contributed by atoms with Crippen LogP contribution in [0.3, 0.4) is 0 Å². The first-order valence-corrected chi connectivity index (χ1v) is 8.58. The summed E-state index contributed by atoms with van der Waals surface area (Å²) in [5.74, 6) is 0. The van der Waals surface area contributed by atoms with Crippen LogP contribution in [0.2, 0.25) is 0 Å². The number of benzene rings is 1. The molecule has 1 aliphatic heterocycles. The van der Waals surface area contributed by atoms with Crippen LogP contribution in [0.5, 0.6) is 0 Å². The molecule has 98 valence electrons. The molecule has 0 saturated carbocycles. The van der Waals surface area contributed by atoms with E-state index in [-0.39, 0.29) is 6.61 Å². The van der Waals surface area contributed by atoms with Crippen LogP contribution < -0.4 is 0 Å². The van der Waals surface area contributed by atoms with Gasteiger partial charge in [0.05, 0.1) is 13.2 Å². The van der Waals surface area contributed by atoms with Gasteiger partial charge in [-0.25, -0.2) is 8.42 Å². The fraction of sp³-hybridized carbons (Fsp3) is 0.417. The molecule has 0 N–H and O–H groups in total. The third-order valence-electron chi connectivity index (χ3n) is 3.01. The summed E-state index contributed by atoms with van der Waals surface area (Å²) in [7, 11) is -3.23. The molecule has 0 aromatic heterocycles. The van der Waals surface area contributed by atoms with Gasteiger partial charge in [-0.05, 0) is 29.5 Å². The Morgan fingerprint density at radius 2 is 2.17 bits per heavy atom. The van der Waals surface area contributed by atoms with E-state index in [1.807, 2.05) is 12.3 Å². The van der Waals surface area contributed by atoms with Crippen molar-refractivity contribution in [3.05, 3.63) is 28.8 Å². The van der Waals surface area contributed by atoms with E-state index in [1.54, 1.807) is 6.07 Å². The number of rotatable bonds is 3. The molecule has 18 heavy (non-hydrogen) atoms. The number of thioether (sulfide) groups is 1. The number of fused-ring (bicyclic) bond motifs is 1. The molecule has 0 radical (unpaired) electrons. The standard InChI is InChI=1S/C12H14O4S2/c1-17-11-4-9-6-16-7-12(18(2,14)15)10(9)3-8(11)5-13/h3-5,12H,6-7H2,1-2H3. The summed E-state index contributed by atoms with van der Waals surface area (Å²) in [6.07, 6.45) is 3.84. The molecule has 1 unspecified atom stereocenters. The lowest BCUT2D eigenvalue weighted by molar-refractivity contribution is 0.106. The van der Waals surface area contributed by atoms with Crippen molar-refractivity contribution in [1.82, 2.24) is 0 Å². The highest BCUT2D eigenvalue weighted by Gasteiger charge is 2.30. The Morgan fingerprint density at radius 3 is 2.72 bits per heavy atom. The molecule has 4 nitrogen and oxygen atoms in total. The first kappa shape index (κ1) is 13.6. The van der Waals surface area contributed by atoms with E-state index in [0.29, 0.717) is 17.7 Å². The van der Waals surface area contributed by atoms with Crippen molar-refractivity contribution >= 4 is 27.9 Å². The molecular formula is C12H14O4S2. The second-order valence-electron chi connectivity index (χ2n) is 4.24. The van der Waals surface area contributed by atoms with E-state index >= 15 is 0 Å². The van der Waals surface area contributed by atoms with Crippen molar-refractivity contribution in [2.75, 3.05) is 19.1 Å². The lowest BCUT2D eigenvalue weighted by Gasteiger charge is -2.25. The van der Waals surface area contributed by atoms with Gasteiger partial charge < -0.3 is 4.74 Å². The van der Waals surface area contributed by atoms with Crippen LogP contribution in [0, 0.1) is 0 Å². The predicted octanol–water partition coefficient (Wildman–Crippen LogP) is 1.84. The second kappa shape index (κ2) is 5.03. The number of carbonyl (C=O) groups excluding carboxylic acids is 1. The van der Waals surface area contributed by atoms with Gasteiger partial charge in [0.15, 0.2) is 16.1 Å². The lowest BCUT2D eigenvalue weighted by atomic mass is 10.0. The average Bonchev–Trinajstić information content (AvgIpc) is 2.35. The minimum absolute atomic E-state index is 0.156. The largest absolute Gasteiger partial charge is 0.375 e. The maximum Gasteiger partial charge on any atom is 0.156 e. The number of hydrogen-bond acceptors (Lipinski definition) is 5. The molecule has 0 aliphatic carbocycles. The summed E-state index contributed by atoms with van der Waals surface area (Å²) in [4.78, 5) is 11.9. The van der Waals surface area contributed by atoms with Crippen LogP contribution in [-0.4, -0.2) is 33.8 Å². The molecule has 1 aliphatic rings. The van der Waals surface area contributed by atoms with E-state index in [2.05, 4.69) is 0 Å². The van der Waals surface area contributed by atoms with E-state index in [4.69, 9.17) is 4.74 Å². The monoisotopic (exact) mass is 286 g/mol. The fourth-order valence-electron chi connectivity index (χ4n) is 2.07. The highest BCUT2D eigenvalue weighted by Crippen LogP contribution is 2.34. The number of sulfone groups is 1. The number of aldehydes is 1. The molecule has 0 bridgehead atoms. The van der Waals surface area contributed by atoms with Gasteiger partial charge in [-0.15, -0.1) is 11.8 Å². The number of carbonyl (C=O) groups is 1. The van der Waals surface area contributed by atoms with E-state index in [9.17, 15) is 13.2 Å². The van der Waals surface area contributed by atoms with Crippen molar-refractivity contribution in [2.24, 2.45) is 0 Å². The van der Waals surface area contributed by atoms with Gasteiger partial charge in [-0.1, -0.05) is 0 Å². The summed E-state index contributed by atoms with van der Waals surface area (Å²) in [5, 5.41) is -0.671. The second-order valence-corrected chi connectivity index (χ2v) is 7.32. The Morgan fingerprint density at radius 1 is 1.44 bits per heavy atom. The molecule has 1 heterocycles. The predicted molar refractivity (Wildman–Crippen MR) is 70.9 cm³/mol. The Bertz CT molecular complexity index is 578. The Balaban J connectivity index is 2.61. The summed E-state index contributed by atoms with van der Waals surface area (Å²) >= 11 is 1.47. The van der Waals surface area contributed by atoms with Crippen molar-refractivity contribution in [3.63, 3.8) is 0 Å². The van der Waals surface area contributed by atoms with E-state index < -0.39 is 15.1 Å². The molecule has 2 rings (SSSR count). The molecule has 0 saturated heterocycles. The molecule has 1 atom stereocenters. The van der Waals surface area contributed by atoms with Crippen molar-refractivity contribution in [3.8, 4) is 0 Å². The smallest absolute Gasteiger partial charge is 0.156 e. The van der Waals surface area contributed by atoms with Crippen LogP contribution in [0.25, 0.3) is 0 Å². The van der Waals surface area contributed by atoms with Gasteiger partial charge in [-0.3, -0.25) is 4.79 Å². The number of ether oxygens (including phenoxy) is 1. The summed E-state index contributed by atoms with van der Waals surface area (Å²) in [6, 6.07) is 3.53. The van der Waals surface area contributed by atoms with Gasteiger partial charge in [0.25, 0.3) is 0 Å². The van der Waals surface area contributed by atoms with Crippen LogP contribution >= 0.6 is 11.8 Å². The minimum atomic E-state index is -3.23. The fourth-order valence-corrected chi connectivity index (χ4v) is 3.70. The summed E-state index contributed by atoms with van der Waals surface area (Å²) < 4.78 is 28.8. The zero-order valence-electron chi connectivity index (χ0n) is 10.2. The lowest BCUT2D eigenvalue weighted by Crippen LogP contribution is -2.23. The van der Waals surface area contributed by atoms with Gasteiger partial charge in [0, 0.05) is 16.7 Å². The quantitative estimate of drug-likeness (QED) is 0.627. The molecule has 0 fully saturated rings. The SMILES string of the molecule is CSc1cc2c(cc1C=O)C(S(C)(=O)=O)COC2. The highest BCUT2D eigenvalue weighted by atomic mass is 32.2. The molecule has 1 aromatic rings. The Kier molecular flexibility index (Phi) is 3.79. The van der Waals surface area contributed by atoms with E-state index in [0.717, 1.165) is 16.7 Å². The van der Waals surface area contributed by atoms with E-state index in [1.165, 1.54) is 18.0 Å². The first-order valence-electron chi connectivity index (χ1n) is 5.40. The van der Waals surface area contributed by atoms with Gasteiger partial charge in [-0.2, -0.15) is 0 Å². The Labute approximate surface area is 111 Å². The third-order valence-corrected chi connectivity index (χ3v) is 5.23. The molecule has 6 heteroatoms. The first-order chi connectivity index (χ1) is 8.47. The molecule has 0 amide bonds. The van der Waals surface area contributed by atoms with Crippen molar-refractivity contribution in [1.29, 1.82) is 0 Å². The van der Waals surface area contributed by atoms with Crippen LogP contribution in [0.1, 0.15) is 26.7 Å². The normalized spacial score (nSPS) is 19.3. The molecular weight excluding hydrogens is 272 g/mol. The minimum Gasteiger partial charge on any atom is -0.375 e. The Hall–Kier alpha value is -0.850. The zero-order chi connectivity index (χ0) is 13.3. The van der Waals surface area contributed by atoms with Crippen LogP contribution in [0.15, 0.2) is 17.0 Å². The van der Waals surface area contributed by atoms with Gasteiger partial charge in [0.1, 0.15) is 5.25 Å². The molecule has 1 aromatic carbocycles. The van der Waals surface area contributed by atoms with Gasteiger partial charge >= 0.3 is 0 Å². The topological polar surface area (TPSA) is 60.4 Å². The summed E-state index contributed by atoms with van der Waals surface area (Å²) in [5.41, 5.74) is 2.09. The number of hydrogen-bond donors (Lipinski definition) is 0. The van der Waals surface area contributed by atoms with Crippen molar-refractivity contribution in [2.45, 2.75) is 16.8 Å². The van der Waals surface area contributed by atoms with Crippen molar-refractivity contribution < 1.29 is 17.9 Å². The van der Waals surface area contributed by atoms with Crippen LogP contribution in [0.4, 0.5) is 0 Å². The van der Waals surface area contributed by atoms with Gasteiger partial charge in [0.2, 0.25) is 0 Å². The third kappa shape index (κ3) is 2.46. The molecule has 0 spiro atoms. The maximum absolute atomic E-state index is 11.7. The highest BCUT2D eigenvalue weighted by molar-refractivity contribution is 7.98. The zero-order valence-corrected chi connectivity index (χ0v) is 11.8.